The first-order chi connectivity index (χ1) is 10.7. The summed E-state index contributed by atoms with van der Waals surface area (Å²) in [6, 6.07) is 8.15. The van der Waals surface area contributed by atoms with Gasteiger partial charge in [0.25, 0.3) is 0 Å². The summed E-state index contributed by atoms with van der Waals surface area (Å²) >= 11 is 0. The van der Waals surface area contributed by atoms with Crippen LogP contribution in [0.2, 0.25) is 0 Å². The molecular formula is C20H29NO. The highest BCUT2D eigenvalue weighted by atomic mass is 16.3. The predicted octanol–water partition coefficient (Wildman–Crippen LogP) is 4.18. The van der Waals surface area contributed by atoms with Gasteiger partial charge in [-0.1, -0.05) is 25.5 Å². The number of likely N-dealkylation sites (tertiary alicyclic amines) is 1. The molecule has 120 valence electrons. The van der Waals surface area contributed by atoms with Gasteiger partial charge in [-0.3, -0.25) is 0 Å². The van der Waals surface area contributed by atoms with Crippen LogP contribution in [0.25, 0.3) is 0 Å². The zero-order valence-corrected chi connectivity index (χ0v) is 13.8. The molecule has 2 aliphatic carbocycles. The summed E-state index contributed by atoms with van der Waals surface area (Å²) in [5.74, 6) is 3.02. The molecule has 1 aromatic rings. The lowest BCUT2D eigenvalue weighted by Crippen LogP contribution is -2.52. The summed E-state index contributed by atoms with van der Waals surface area (Å²) in [6.45, 7) is 6.27. The summed E-state index contributed by atoms with van der Waals surface area (Å²) in [6.07, 6.45) is 8.23. The number of rotatable bonds is 3. The summed E-state index contributed by atoms with van der Waals surface area (Å²) in [5, 5.41) is 9.97. The quantitative estimate of drug-likeness (QED) is 0.905. The largest absolute Gasteiger partial charge is 0.508 e. The number of fused-ring (bicyclic) bond motifs is 1. The highest BCUT2D eigenvalue weighted by Gasteiger charge is 2.47. The van der Waals surface area contributed by atoms with Gasteiger partial charge in [-0.25, -0.2) is 0 Å². The van der Waals surface area contributed by atoms with Gasteiger partial charge in [0.05, 0.1) is 0 Å². The van der Waals surface area contributed by atoms with Gasteiger partial charge in [-0.2, -0.15) is 0 Å². The molecule has 3 fully saturated rings. The minimum Gasteiger partial charge on any atom is -0.508 e. The van der Waals surface area contributed by atoms with Gasteiger partial charge in [-0.15, -0.1) is 0 Å². The van der Waals surface area contributed by atoms with Crippen molar-refractivity contribution in [2.45, 2.75) is 50.9 Å². The van der Waals surface area contributed by atoms with Crippen molar-refractivity contribution >= 4 is 0 Å². The fraction of sp³-hybridized carbons (Fsp3) is 0.700. The second-order valence-electron chi connectivity index (χ2n) is 8.24. The molecule has 0 radical (unpaired) electrons. The van der Waals surface area contributed by atoms with Crippen LogP contribution in [0.1, 0.15) is 51.0 Å². The number of hydrogen-bond donors (Lipinski definition) is 1. The third-order valence-corrected chi connectivity index (χ3v) is 6.49. The van der Waals surface area contributed by atoms with Crippen molar-refractivity contribution in [3.63, 3.8) is 0 Å². The number of aromatic hydroxyl groups is 1. The Hall–Kier alpha value is -1.02. The van der Waals surface area contributed by atoms with Crippen LogP contribution < -0.4 is 0 Å². The monoisotopic (exact) mass is 299 g/mol. The Kier molecular flexibility index (Phi) is 3.68. The molecular weight excluding hydrogens is 270 g/mol. The molecule has 4 rings (SSSR count). The minimum atomic E-state index is 0.316. The first-order valence-electron chi connectivity index (χ1n) is 9.17. The number of nitrogens with zero attached hydrogens (tertiary/aromatic N) is 1. The van der Waals surface area contributed by atoms with Crippen molar-refractivity contribution < 1.29 is 5.11 Å². The SMILES string of the molecule is CC1CC[C@H]2CN(CC3CC3)CC[C@@]2(c2cccc(O)c2)C1. The number of phenols is 1. The standard InChI is InChI=1S/C20H29NO/c1-15-5-8-18-14-21(13-16-6-7-16)10-9-20(18,12-15)17-3-2-4-19(22)11-17/h2-4,11,15-16,18,22H,5-10,12-14H2,1H3/t15?,18-,20-/m0/s1. The fourth-order valence-electron chi connectivity index (χ4n) is 5.13. The van der Waals surface area contributed by atoms with Crippen molar-refractivity contribution in [3.8, 4) is 5.75 Å². The van der Waals surface area contributed by atoms with E-state index in [1.807, 2.05) is 18.2 Å². The topological polar surface area (TPSA) is 23.5 Å². The van der Waals surface area contributed by atoms with Gasteiger partial charge in [0.15, 0.2) is 0 Å². The molecule has 3 atom stereocenters. The zero-order chi connectivity index (χ0) is 15.2. The van der Waals surface area contributed by atoms with Crippen molar-refractivity contribution in [2.75, 3.05) is 19.6 Å². The second kappa shape index (κ2) is 5.56. The van der Waals surface area contributed by atoms with E-state index in [0.717, 1.165) is 17.8 Å². The summed E-state index contributed by atoms with van der Waals surface area (Å²) in [7, 11) is 0. The highest BCUT2D eigenvalue weighted by molar-refractivity contribution is 5.35. The van der Waals surface area contributed by atoms with Gasteiger partial charge in [0.2, 0.25) is 0 Å². The molecule has 3 aliphatic rings. The van der Waals surface area contributed by atoms with Crippen LogP contribution in [-0.2, 0) is 5.41 Å². The molecule has 0 aromatic heterocycles. The Bertz CT molecular complexity index is 538. The average Bonchev–Trinajstić information content (AvgIpc) is 3.31. The van der Waals surface area contributed by atoms with Gasteiger partial charge in [0.1, 0.15) is 5.75 Å². The van der Waals surface area contributed by atoms with Crippen LogP contribution in [0.4, 0.5) is 0 Å². The van der Waals surface area contributed by atoms with Crippen molar-refractivity contribution in [3.05, 3.63) is 29.8 Å². The number of piperidine rings is 1. The second-order valence-corrected chi connectivity index (χ2v) is 8.24. The Morgan fingerprint density at radius 3 is 2.86 bits per heavy atom. The predicted molar refractivity (Wildman–Crippen MR) is 90.1 cm³/mol. The maximum Gasteiger partial charge on any atom is 0.115 e. The first-order valence-corrected chi connectivity index (χ1v) is 9.17. The van der Waals surface area contributed by atoms with E-state index in [0.29, 0.717) is 11.2 Å². The van der Waals surface area contributed by atoms with E-state index in [9.17, 15) is 5.11 Å². The molecule has 0 amide bonds. The number of hydrogen-bond acceptors (Lipinski definition) is 2. The molecule has 2 saturated carbocycles. The summed E-state index contributed by atoms with van der Waals surface area (Å²) < 4.78 is 0. The van der Waals surface area contributed by atoms with Gasteiger partial charge >= 0.3 is 0 Å². The van der Waals surface area contributed by atoms with E-state index >= 15 is 0 Å². The smallest absolute Gasteiger partial charge is 0.115 e. The van der Waals surface area contributed by atoms with E-state index in [1.54, 1.807) is 0 Å². The van der Waals surface area contributed by atoms with Gasteiger partial charge in [0, 0.05) is 18.5 Å². The van der Waals surface area contributed by atoms with E-state index < -0.39 is 0 Å². The Morgan fingerprint density at radius 2 is 2.09 bits per heavy atom. The van der Waals surface area contributed by atoms with Gasteiger partial charge in [-0.05, 0) is 74.1 Å². The third-order valence-electron chi connectivity index (χ3n) is 6.49. The minimum absolute atomic E-state index is 0.316. The van der Waals surface area contributed by atoms with Crippen LogP contribution in [0.3, 0.4) is 0 Å². The van der Waals surface area contributed by atoms with E-state index in [-0.39, 0.29) is 0 Å². The van der Waals surface area contributed by atoms with Crippen LogP contribution in [0.15, 0.2) is 24.3 Å². The first kappa shape index (κ1) is 14.6. The fourth-order valence-corrected chi connectivity index (χ4v) is 5.13. The lowest BCUT2D eigenvalue weighted by Gasteiger charge is -2.53. The van der Waals surface area contributed by atoms with E-state index in [1.165, 1.54) is 63.7 Å². The summed E-state index contributed by atoms with van der Waals surface area (Å²) in [4.78, 5) is 2.74. The molecule has 0 spiro atoms. The van der Waals surface area contributed by atoms with Crippen molar-refractivity contribution in [1.82, 2.24) is 4.90 Å². The molecule has 2 nitrogen and oxygen atoms in total. The van der Waals surface area contributed by atoms with Crippen LogP contribution >= 0.6 is 0 Å². The molecule has 1 N–H and O–H groups in total. The van der Waals surface area contributed by atoms with Crippen LogP contribution in [0.5, 0.6) is 5.75 Å². The molecule has 1 saturated heterocycles. The molecule has 1 aromatic carbocycles. The Balaban J connectivity index is 1.61. The Morgan fingerprint density at radius 1 is 1.23 bits per heavy atom. The molecule has 1 aliphatic heterocycles. The molecule has 1 heterocycles. The Labute approximate surface area is 134 Å². The average molecular weight is 299 g/mol. The maximum atomic E-state index is 9.97. The number of phenolic OH excluding ortho intramolecular Hbond substituents is 1. The van der Waals surface area contributed by atoms with E-state index in [4.69, 9.17) is 0 Å². The molecule has 22 heavy (non-hydrogen) atoms. The molecule has 2 heteroatoms. The third kappa shape index (κ3) is 2.67. The number of benzene rings is 1. The van der Waals surface area contributed by atoms with Gasteiger partial charge < -0.3 is 10.0 Å². The highest BCUT2D eigenvalue weighted by Crippen LogP contribution is 2.51. The molecule has 1 unspecified atom stereocenters. The van der Waals surface area contributed by atoms with Crippen molar-refractivity contribution in [1.29, 1.82) is 0 Å². The lowest BCUT2D eigenvalue weighted by atomic mass is 9.57. The summed E-state index contributed by atoms with van der Waals surface area (Å²) in [5.41, 5.74) is 1.71. The van der Waals surface area contributed by atoms with Crippen molar-refractivity contribution in [2.24, 2.45) is 17.8 Å². The lowest BCUT2D eigenvalue weighted by molar-refractivity contribution is 0.0364. The zero-order valence-electron chi connectivity index (χ0n) is 13.8. The van der Waals surface area contributed by atoms with Crippen LogP contribution in [0, 0.1) is 17.8 Å². The normalized spacial score (nSPS) is 36.0. The molecule has 0 bridgehead atoms. The van der Waals surface area contributed by atoms with Crippen LogP contribution in [-0.4, -0.2) is 29.6 Å². The maximum absolute atomic E-state index is 9.97. The van der Waals surface area contributed by atoms with E-state index in [2.05, 4.69) is 17.9 Å².